The summed E-state index contributed by atoms with van der Waals surface area (Å²) in [5, 5.41) is 20.2. The van der Waals surface area contributed by atoms with Crippen LogP contribution in [0.3, 0.4) is 0 Å². The average Bonchev–Trinajstić information content (AvgIpc) is 3.09. The van der Waals surface area contributed by atoms with Crippen molar-refractivity contribution in [3.8, 4) is 5.69 Å². The number of thioether (sulfide) groups is 1. The van der Waals surface area contributed by atoms with E-state index in [9.17, 15) is 4.79 Å². The molecule has 0 bridgehead atoms. The van der Waals surface area contributed by atoms with Gasteiger partial charge < -0.3 is 10.1 Å². The van der Waals surface area contributed by atoms with Gasteiger partial charge in [0.25, 0.3) is 0 Å². The maximum absolute atomic E-state index is 12.6. The Labute approximate surface area is 183 Å². The number of hydrogen-bond acceptors (Lipinski definition) is 6. The normalized spacial score (nSPS) is 12.3. The molecule has 8 nitrogen and oxygen atoms in total. The molecule has 2 heterocycles. The SMILES string of the molecule is CC[C@@H](Sc1nc2n[nH]c(C)c2c(=N)n1-c1ccc(C)c(Cl)c1)C(=O)NCCOC. The van der Waals surface area contributed by atoms with Gasteiger partial charge in [-0.3, -0.25) is 19.9 Å². The van der Waals surface area contributed by atoms with Crippen molar-refractivity contribution in [3.63, 3.8) is 0 Å². The number of aryl methyl sites for hydroxylation is 2. The molecule has 3 aromatic rings. The molecule has 0 fully saturated rings. The predicted octanol–water partition coefficient (Wildman–Crippen LogP) is 3.13. The smallest absolute Gasteiger partial charge is 0.233 e. The molecule has 160 valence electrons. The molecule has 30 heavy (non-hydrogen) atoms. The Balaban J connectivity index is 2.09. The van der Waals surface area contributed by atoms with Crippen molar-refractivity contribution in [3.05, 3.63) is 40.0 Å². The van der Waals surface area contributed by atoms with Crippen LogP contribution in [0.1, 0.15) is 24.6 Å². The highest BCUT2D eigenvalue weighted by molar-refractivity contribution is 8.00. The lowest BCUT2D eigenvalue weighted by molar-refractivity contribution is -0.120. The fraction of sp³-hybridized carbons (Fsp3) is 0.400. The fourth-order valence-electron chi connectivity index (χ4n) is 3.01. The number of nitrogens with zero attached hydrogens (tertiary/aromatic N) is 3. The van der Waals surface area contributed by atoms with E-state index in [-0.39, 0.29) is 16.6 Å². The summed E-state index contributed by atoms with van der Waals surface area (Å²) in [6.07, 6.45) is 0.602. The molecule has 0 radical (unpaired) electrons. The van der Waals surface area contributed by atoms with Crippen LogP contribution in [0, 0.1) is 19.3 Å². The first kappa shape index (κ1) is 22.3. The summed E-state index contributed by atoms with van der Waals surface area (Å²) in [5.41, 5.74) is 3.10. The van der Waals surface area contributed by atoms with Gasteiger partial charge >= 0.3 is 0 Å². The number of aromatic amines is 1. The van der Waals surface area contributed by atoms with Gasteiger partial charge in [0.1, 0.15) is 5.49 Å². The maximum Gasteiger partial charge on any atom is 0.233 e. The number of benzene rings is 1. The van der Waals surface area contributed by atoms with Crippen molar-refractivity contribution in [1.82, 2.24) is 25.1 Å². The number of halogens is 1. The predicted molar refractivity (Wildman–Crippen MR) is 118 cm³/mol. The monoisotopic (exact) mass is 448 g/mol. The van der Waals surface area contributed by atoms with Crippen LogP contribution in [0.5, 0.6) is 0 Å². The molecule has 3 N–H and O–H groups in total. The van der Waals surface area contributed by atoms with E-state index in [4.69, 9.17) is 21.7 Å². The van der Waals surface area contributed by atoms with Gasteiger partial charge in [-0.05, 0) is 38.0 Å². The number of methoxy groups -OCH3 is 1. The summed E-state index contributed by atoms with van der Waals surface area (Å²) in [7, 11) is 1.59. The minimum absolute atomic E-state index is 0.0975. The molecule has 0 aliphatic heterocycles. The van der Waals surface area contributed by atoms with E-state index in [2.05, 4.69) is 20.5 Å². The first-order chi connectivity index (χ1) is 14.4. The van der Waals surface area contributed by atoms with Gasteiger partial charge in [-0.15, -0.1) is 0 Å². The molecular formula is C20H25ClN6O2S. The number of carbonyl (C=O) groups is 1. The lowest BCUT2D eigenvalue weighted by Crippen LogP contribution is -2.35. The van der Waals surface area contributed by atoms with E-state index in [0.29, 0.717) is 46.5 Å². The molecule has 3 rings (SSSR count). The number of nitrogens with one attached hydrogen (secondary N) is 3. The van der Waals surface area contributed by atoms with Gasteiger partial charge in [0.05, 0.1) is 22.9 Å². The molecule has 0 aliphatic rings. The number of amides is 1. The summed E-state index contributed by atoms with van der Waals surface area (Å²) < 4.78 is 6.72. The van der Waals surface area contributed by atoms with Crippen molar-refractivity contribution in [2.45, 2.75) is 37.6 Å². The van der Waals surface area contributed by atoms with E-state index in [0.717, 1.165) is 11.3 Å². The highest BCUT2D eigenvalue weighted by Crippen LogP contribution is 2.28. The Morgan fingerprint density at radius 3 is 2.87 bits per heavy atom. The Morgan fingerprint density at radius 1 is 1.43 bits per heavy atom. The van der Waals surface area contributed by atoms with E-state index >= 15 is 0 Å². The maximum atomic E-state index is 12.6. The number of H-pyrrole nitrogens is 1. The fourth-order valence-corrected chi connectivity index (χ4v) is 4.24. The standard InChI is InChI=1S/C20H25ClN6O2S/c1-5-15(19(28)23-8-9-29-4)30-20-24-18-16(12(3)25-26-18)17(22)27(20)13-7-6-11(2)14(21)10-13/h6-7,10,15,22H,5,8-9H2,1-4H3,(H,23,28)(H,25,26)/t15-/m1/s1. The highest BCUT2D eigenvalue weighted by Gasteiger charge is 2.23. The van der Waals surface area contributed by atoms with Crippen LogP contribution in [0.25, 0.3) is 16.7 Å². The number of hydrogen-bond donors (Lipinski definition) is 3. The molecule has 0 spiro atoms. The molecule has 1 aromatic carbocycles. The van der Waals surface area contributed by atoms with Gasteiger partial charge in [0, 0.05) is 24.4 Å². The van der Waals surface area contributed by atoms with Crippen LogP contribution < -0.4 is 10.8 Å². The Bertz CT molecular complexity index is 1130. The van der Waals surface area contributed by atoms with Crippen LogP contribution >= 0.6 is 23.4 Å². The summed E-state index contributed by atoms with van der Waals surface area (Å²) in [6, 6.07) is 5.60. The van der Waals surface area contributed by atoms with Crippen LogP contribution in [0.4, 0.5) is 0 Å². The first-order valence-corrected chi connectivity index (χ1v) is 10.8. The van der Waals surface area contributed by atoms with Crippen LogP contribution in [-0.2, 0) is 9.53 Å². The van der Waals surface area contributed by atoms with Gasteiger partial charge in [0.15, 0.2) is 10.8 Å². The second-order valence-electron chi connectivity index (χ2n) is 6.86. The Kier molecular flexibility index (Phi) is 7.17. The van der Waals surface area contributed by atoms with Crippen LogP contribution in [0.15, 0.2) is 23.4 Å². The third-order valence-electron chi connectivity index (χ3n) is 4.71. The number of rotatable bonds is 8. The molecule has 0 saturated carbocycles. The average molecular weight is 449 g/mol. The van der Waals surface area contributed by atoms with E-state index in [1.165, 1.54) is 11.8 Å². The molecular weight excluding hydrogens is 424 g/mol. The minimum atomic E-state index is -0.376. The first-order valence-electron chi connectivity index (χ1n) is 9.59. The van der Waals surface area contributed by atoms with Crippen molar-refractivity contribution in [2.75, 3.05) is 20.3 Å². The van der Waals surface area contributed by atoms with Gasteiger partial charge in [0.2, 0.25) is 5.91 Å². The number of aromatic nitrogens is 4. The third kappa shape index (κ3) is 4.53. The molecule has 0 unspecified atom stereocenters. The number of ether oxygens (including phenoxy) is 1. The zero-order valence-corrected chi connectivity index (χ0v) is 18.9. The van der Waals surface area contributed by atoms with Crippen molar-refractivity contribution in [1.29, 1.82) is 5.41 Å². The molecule has 0 saturated heterocycles. The second-order valence-corrected chi connectivity index (χ2v) is 8.43. The zero-order chi connectivity index (χ0) is 21.8. The van der Waals surface area contributed by atoms with Gasteiger partial charge in [-0.25, -0.2) is 4.98 Å². The largest absolute Gasteiger partial charge is 0.383 e. The summed E-state index contributed by atoms with van der Waals surface area (Å²) in [6.45, 7) is 6.61. The number of carbonyl (C=O) groups excluding carboxylic acids is 1. The Morgan fingerprint density at radius 2 is 2.20 bits per heavy atom. The molecule has 10 heteroatoms. The van der Waals surface area contributed by atoms with E-state index in [1.54, 1.807) is 11.7 Å². The van der Waals surface area contributed by atoms with Crippen LogP contribution in [-0.4, -0.2) is 51.2 Å². The van der Waals surface area contributed by atoms with Gasteiger partial charge in [-0.1, -0.05) is 36.4 Å². The van der Waals surface area contributed by atoms with Gasteiger partial charge in [-0.2, -0.15) is 5.10 Å². The topological polar surface area (TPSA) is 109 Å². The van der Waals surface area contributed by atoms with Crippen LogP contribution in [0.2, 0.25) is 5.02 Å². The second kappa shape index (κ2) is 9.63. The molecule has 0 aliphatic carbocycles. The quantitative estimate of drug-likeness (QED) is 0.278. The third-order valence-corrected chi connectivity index (χ3v) is 6.44. The highest BCUT2D eigenvalue weighted by atomic mass is 35.5. The zero-order valence-electron chi connectivity index (χ0n) is 17.4. The molecule has 1 amide bonds. The minimum Gasteiger partial charge on any atom is -0.383 e. The van der Waals surface area contributed by atoms with E-state index in [1.807, 2.05) is 39.0 Å². The summed E-state index contributed by atoms with van der Waals surface area (Å²) in [5.74, 6) is -0.0975. The summed E-state index contributed by atoms with van der Waals surface area (Å²) >= 11 is 7.66. The summed E-state index contributed by atoms with van der Waals surface area (Å²) in [4.78, 5) is 17.3. The lowest BCUT2D eigenvalue weighted by Gasteiger charge is -2.18. The van der Waals surface area contributed by atoms with Crippen molar-refractivity contribution in [2.24, 2.45) is 0 Å². The molecule has 2 aromatic heterocycles. The van der Waals surface area contributed by atoms with Crippen molar-refractivity contribution >= 4 is 40.3 Å². The molecule has 1 atom stereocenters. The number of fused-ring (bicyclic) bond motifs is 1. The van der Waals surface area contributed by atoms with E-state index < -0.39 is 0 Å². The Hall–Kier alpha value is -2.36. The van der Waals surface area contributed by atoms with Crippen molar-refractivity contribution < 1.29 is 9.53 Å². The lowest BCUT2D eigenvalue weighted by atomic mass is 10.2.